The van der Waals surface area contributed by atoms with Crippen LogP contribution in [0, 0.1) is 0 Å². The molecule has 220 valence electrons. The average Bonchev–Trinajstić information content (AvgIpc) is 3.73. The minimum atomic E-state index is -0.637. The van der Waals surface area contributed by atoms with E-state index in [-0.39, 0.29) is 12.1 Å². The highest BCUT2D eigenvalue weighted by Gasteiger charge is 2.33. The number of ether oxygens (including phenoxy) is 1. The second-order valence-corrected chi connectivity index (χ2v) is 12.0. The molecule has 2 fully saturated rings. The van der Waals surface area contributed by atoms with E-state index in [4.69, 9.17) is 19.4 Å². The Morgan fingerprint density at radius 1 is 1.12 bits per heavy atom. The maximum absolute atomic E-state index is 10.1. The number of methoxy groups -OCH3 is 1. The Labute approximate surface area is 240 Å². The third-order valence-corrected chi connectivity index (χ3v) is 8.48. The summed E-state index contributed by atoms with van der Waals surface area (Å²) in [5, 5.41) is 31.9. The molecule has 4 aromatic heterocycles. The number of fused-ring (bicyclic) bond motifs is 1. The van der Waals surface area contributed by atoms with Crippen molar-refractivity contribution in [3.8, 4) is 11.1 Å². The van der Waals surface area contributed by atoms with Crippen LogP contribution < -0.4 is 10.2 Å². The van der Waals surface area contributed by atoms with Crippen LogP contribution in [0.15, 0.2) is 29.1 Å². The van der Waals surface area contributed by atoms with Crippen molar-refractivity contribution in [2.24, 2.45) is 0 Å². The van der Waals surface area contributed by atoms with Gasteiger partial charge in [-0.25, -0.2) is 9.50 Å². The monoisotopic (exact) mass is 563 g/mol. The van der Waals surface area contributed by atoms with Gasteiger partial charge >= 0.3 is 6.01 Å². The first-order valence-corrected chi connectivity index (χ1v) is 14.8. The zero-order valence-electron chi connectivity index (χ0n) is 24.5. The molecule has 0 unspecified atom stereocenters. The molecule has 0 bridgehead atoms. The van der Waals surface area contributed by atoms with Gasteiger partial charge in [0.1, 0.15) is 5.54 Å². The molecule has 5 heterocycles. The Kier molecular flexibility index (Phi) is 7.69. The number of aliphatic hydroxyl groups excluding tert-OH is 1. The van der Waals surface area contributed by atoms with Gasteiger partial charge in [-0.05, 0) is 71.8 Å². The van der Waals surface area contributed by atoms with Gasteiger partial charge in [-0.1, -0.05) is 5.10 Å². The first kappa shape index (κ1) is 27.6. The molecule has 2 aliphatic rings. The predicted molar refractivity (Wildman–Crippen MR) is 155 cm³/mol. The fraction of sp³-hybridized carbons (Fsp3) is 0.621. The lowest BCUT2D eigenvalue weighted by atomic mass is 9.85. The zero-order chi connectivity index (χ0) is 28.6. The Morgan fingerprint density at radius 2 is 1.90 bits per heavy atom. The fourth-order valence-corrected chi connectivity index (χ4v) is 6.03. The second kappa shape index (κ2) is 11.4. The summed E-state index contributed by atoms with van der Waals surface area (Å²) in [4.78, 5) is 6.80. The molecule has 2 N–H and O–H groups in total. The molecule has 1 aliphatic carbocycles. The van der Waals surface area contributed by atoms with Crippen molar-refractivity contribution in [1.29, 1.82) is 0 Å². The Hall–Kier alpha value is -3.51. The third-order valence-electron chi connectivity index (χ3n) is 8.48. The summed E-state index contributed by atoms with van der Waals surface area (Å²) in [6.07, 6.45) is 12.5. The third kappa shape index (κ3) is 5.54. The summed E-state index contributed by atoms with van der Waals surface area (Å²) in [7, 11) is 1.68. The molecule has 1 atom stereocenters. The highest BCUT2D eigenvalue weighted by Crippen LogP contribution is 2.38. The van der Waals surface area contributed by atoms with Crippen LogP contribution >= 0.6 is 0 Å². The van der Waals surface area contributed by atoms with Gasteiger partial charge in [0.05, 0.1) is 30.6 Å². The Morgan fingerprint density at radius 3 is 2.66 bits per heavy atom. The van der Waals surface area contributed by atoms with Crippen molar-refractivity contribution >= 4 is 17.5 Å². The molecular weight excluding hydrogens is 522 g/mol. The fourth-order valence-electron chi connectivity index (χ4n) is 6.03. The number of aliphatic hydroxyl groups is 1. The smallest absolute Gasteiger partial charge is 0.318 e. The lowest BCUT2D eigenvalue weighted by Crippen LogP contribution is -2.30. The lowest BCUT2D eigenvalue weighted by molar-refractivity contribution is 0.121. The van der Waals surface area contributed by atoms with E-state index in [1.165, 1.54) is 6.42 Å². The molecule has 1 saturated heterocycles. The summed E-state index contributed by atoms with van der Waals surface area (Å²) in [5.74, 6) is 1.39. The first-order valence-electron chi connectivity index (χ1n) is 14.8. The molecule has 1 aliphatic heterocycles. The van der Waals surface area contributed by atoms with Crippen LogP contribution in [0.25, 0.3) is 16.6 Å². The molecule has 6 rings (SSSR count). The highest BCUT2D eigenvalue weighted by atomic mass is 16.5. The molecule has 0 radical (unpaired) electrons. The molecule has 1 saturated carbocycles. The number of hydrogen-bond acceptors (Lipinski definition) is 10. The van der Waals surface area contributed by atoms with Crippen molar-refractivity contribution in [3.63, 3.8) is 0 Å². The van der Waals surface area contributed by atoms with Gasteiger partial charge in [0.2, 0.25) is 11.8 Å². The second-order valence-electron chi connectivity index (χ2n) is 12.0. The van der Waals surface area contributed by atoms with Crippen LogP contribution in [0.3, 0.4) is 0 Å². The van der Waals surface area contributed by atoms with Gasteiger partial charge in [-0.2, -0.15) is 5.10 Å². The number of hydrogen-bond donors (Lipinski definition) is 2. The first-order chi connectivity index (χ1) is 19.8. The lowest BCUT2D eigenvalue weighted by Gasteiger charge is -2.25. The van der Waals surface area contributed by atoms with Crippen molar-refractivity contribution < 1.29 is 14.3 Å². The number of rotatable bonds is 9. The van der Waals surface area contributed by atoms with E-state index in [0.717, 1.165) is 74.0 Å². The van der Waals surface area contributed by atoms with Crippen LogP contribution in [0.2, 0.25) is 0 Å². The maximum atomic E-state index is 10.1. The van der Waals surface area contributed by atoms with Crippen molar-refractivity contribution in [1.82, 2.24) is 34.6 Å². The van der Waals surface area contributed by atoms with E-state index in [2.05, 4.69) is 31.5 Å². The standard InChI is InChI=1S/C29H41N9O3/c1-19(18-40-4)32-27-30-16-25-23(14-24(38(25)35-27)20-8-10-22(39)11-9-20)21-15-31-37(17-21)29(2,3)26-33-34-28(41-26)36-12-6-5-7-13-36/h14-17,19-20,22,39H,5-13,18H2,1-4H3,(H,32,35)/t19-,20?,22?/m0/s1. The van der Waals surface area contributed by atoms with E-state index >= 15 is 0 Å². The number of nitrogens with zero attached hydrogens (tertiary/aromatic N) is 8. The SMILES string of the molecule is COC[C@H](C)Nc1ncc2c(-c3cnn(C(C)(C)c4nnc(N5CCCCC5)o4)c3)cc(C3CCC(O)CC3)n2n1. The number of aromatic nitrogens is 7. The molecule has 12 heteroatoms. The molecule has 0 amide bonds. The van der Waals surface area contributed by atoms with Gasteiger partial charge in [0, 0.05) is 55.2 Å². The van der Waals surface area contributed by atoms with E-state index in [9.17, 15) is 5.11 Å². The van der Waals surface area contributed by atoms with Crippen molar-refractivity contribution in [3.05, 3.63) is 36.2 Å². The van der Waals surface area contributed by atoms with Gasteiger partial charge in [0.15, 0.2) is 0 Å². The van der Waals surface area contributed by atoms with E-state index < -0.39 is 5.54 Å². The highest BCUT2D eigenvalue weighted by molar-refractivity contribution is 5.81. The normalized spacial score (nSPS) is 21.0. The topological polar surface area (TPSA) is 132 Å². The van der Waals surface area contributed by atoms with Crippen LogP contribution in [0.4, 0.5) is 12.0 Å². The zero-order valence-corrected chi connectivity index (χ0v) is 24.5. The van der Waals surface area contributed by atoms with Crippen LogP contribution in [0.1, 0.15) is 83.2 Å². The summed E-state index contributed by atoms with van der Waals surface area (Å²) < 4.78 is 15.3. The number of nitrogens with one attached hydrogen (secondary N) is 1. The van der Waals surface area contributed by atoms with Crippen LogP contribution in [0.5, 0.6) is 0 Å². The molecule has 0 spiro atoms. The van der Waals surface area contributed by atoms with Gasteiger partial charge in [0.25, 0.3) is 0 Å². The summed E-state index contributed by atoms with van der Waals surface area (Å²) >= 11 is 0. The van der Waals surface area contributed by atoms with Gasteiger partial charge < -0.3 is 24.5 Å². The number of piperidine rings is 1. The molecular formula is C29H41N9O3. The van der Waals surface area contributed by atoms with Crippen molar-refractivity contribution in [2.45, 2.75) is 89.3 Å². The Bertz CT molecular complexity index is 1460. The summed E-state index contributed by atoms with van der Waals surface area (Å²) in [6, 6.07) is 2.87. The predicted octanol–water partition coefficient (Wildman–Crippen LogP) is 4.21. The van der Waals surface area contributed by atoms with Crippen LogP contribution in [-0.4, -0.2) is 78.6 Å². The minimum Gasteiger partial charge on any atom is -0.405 e. The quantitative estimate of drug-likeness (QED) is 0.305. The number of anilines is 2. The molecule has 12 nitrogen and oxygen atoms in total. The largest absolute Gasteiger partial charge is 0.405 e. The summed E-state index contributed by atoms with van der Waals surface area (Å²) in [5.41, 5.74) is 3.39. The molecule has 0 aromatic carbocycles. The van der Waals surface area contributed by atoms with Gasteiger partial charge in [-0.3, -0.25) is 4.68 Å². The average molecular weight is 564 g/mol. The minimum absolute atomic E-state index is 0.0707. The molecule has 4 aromatic rings. The van der Waals surface area contributed by atoms with Crippen LogP contribution in [-0.2, 0) is 10.3 Å². The van der Waals surface area contributed by atoms with Crippen molar-refractivity contribution in [2.75, 3.05) is 37.0 Å². The Balaban J connectivity index is 1.33. The van der Waals surface area contributed by atoms with Gasteiger partial charge in [-0.15, -0.1) is 10.2 Å². The maximum Gasteiger partial charge on any atom is 0.318 e. The van der Waals surface area contributed by atoms with E-state index in [0.29, 0.717) is 30.4 Å². The van der Waals surface area contributed by atoms with E-state index in [1.54, 1.807) is 7.11 Å². The summed E-state index contributed by atoms with van der Waals surface area (Å²) in [6.45, 7) is 8.56. The van der Waals surface area contributed by atoms with E-state index in [1.807, 2.05) is 48.6 Å². The molecule has 41 heavy (non-hydrogen) atoms.